The molecule has 96 valence electrons. The van der Waals surface area contributed by atoms with E-state index in [1.165, 1.54) is 0 Å². The van der Waals surface area contributed by atoms with Crippen LogP contribution in [0.4, 0.5) is 0 Å². The highest BCUT2D eigenvalue weighted by atomic mass is 16.2. The van der Waals surface area contributed by atoms with Gasteiger partial charge >= 0.3 is 0 Å². The van der Waals surface area contributed by atoms with Gasteiger partial charge in [0, 0.05) is 18.9 Å². The fourth-order valence-corrected chi connectivity index (χ4v) is 2.30. The summed E-state index contributed by atoms with van der Waals surface area (Å²) in [5, 5.41) is 3.05. The van der Waals surface area contributed by atoms with E-state index < -0.39 is 0 Å². The monoisotopic (exact) mass is 245 g/mol. The quantitative estimate of drug-likeness (QED) is 0.889. The summed E-state index contributed by atoms with van der Waals surface area (Å²) < 4.78 is 0. The van der Waals surface area contributed by atoms with Crippen LogP contribution in [0.5, 0.6) is 0 Å². The minimum absolute atomic E-state index is 0.0561. The zero-order valence-corrected chi connectivity index (χ0v) is 10.7. The average molecular weight is 245 g/mol. The van der Waals surface area contributed by atoms with Crippen LogP contribution < -0.4 is 5.32 Å². The Morgan fingerprint density at radius 2 is 1.83 bits per heavy atom. The summed E-state index contributed by atoms with van der Waals surface area (Å²) in [4.78, 5) is 23.2. The van der Waals surface area contributed by atoms with E-state index in [-0.39, 0.29) is 17.9 Å². The molecule has 3 nitrogen and oxygen atoms in total. The van der Waals surface area contributed by atoms with Crippen molar-refractivity contribution in [3.05, 3.63) is 35.9 Å². The predicted molar refractivity (Wildman–Crippen MR) is 70.3 cm³/mol. The summed E-state index contributed by atoms with van der Waals surface area (Å²) in [6.45, 7) is 1.92. The molecule has 1 aliphatic rings. The second-order valence-corrected chi connectivity index (χ2v) is 4.95. The third kappa shape index (κ3) is 3.19. The molecule has 0 aliphatic heterocycles. The van der Waals surface area contributed by atoms with Gasteiger partial charge in [-0.3, -0.25) is 9.59 Å². The highest BCUT2D eigenvalue weighted by Crippen LogP contribution is 2.18. The number of ketones is 1. The molecule has 18 heavy (non-hydrogen) atoms. The Morgan fingerprint density at radius 3 is 2.44 bits per heavy atom. The highest BCUT2D eigenvalue weighted by molar-refractivity contribution is 5.84. The fraction of sp³-hybridized carbons (Fsp3) is 0.467. The van der Waals surface area contributed by atoms with Crippen molar-refractivity contribution in [2.45, 2.75) is 44.6 Å². The Hall–Kier alpha value is -1.64. The number of nitrogens with one attached hydrogen (secondary N) is 1. The van der Waals surface area contributed by atoms with Crippen LogP contribution in [0.1, 0.15) is 44.1 Å². The van der Waals surface area contributed by atoms with Gasteiger partial charge in [0.1, 0.15) is 5.78 Å². The van der Waals surface area contributed by atoms with Gasteiger partial charge in [-0.25, -0.2) is 0 Å². The van der Waals surface area contributed by atoms with E-state index in [0.717, 1.165) is 18.4 Å². The molecule has 1 aromatic rings. The van der Waals surface area contributed by atoms with Gasteiger partial charge in [0.15, 0.2) is 0 Å². The first-order valence-corrected chi connectivity index (χ1v) is 6.54. The molecule has 1 amide bonds. The van der Waals surface area contributed by atoms with Crippen LogP contribution in [0.15, 0.2) is 30.3 Å². The normalized spacial score (nSPS) is 18.4. The average Bonchev–Trinajstić information content (AvgIpc) is 2.41. The molecule has 0 aromatic heterocycles. The minimum atomic E-state index is -0.135. The number of benzene rings is 1. The first-order chi connectivity index (χ1) is 8.66. The second kappa shape index (κ2) is 5.80. The second-order valence-electron chi connectivity index (χ2n) is 4.95. The van der Waals surface area contributed by atoms with Gasteiger partial charge in [-0.15, -0.1) is 0 Å². The van der Waals surface area contributed by atoms with Gasteiger partial charge in [-0.05, 0) is 25.3 Å². The van der Waals surface area contributed by atoms with E-state index in [0.29, 0.717) is 18.6 Å². The van der Waals surface area contributed by atoms with E-state index >= 15 is 0 Å². The van der Waals surface area contributed by atoms with Crippen molar-refractivity contribution in [2.75, 3.05) is 0 Å². The number of Topliss-reactive ketones (excluding diaryl/α,β-unsaturated/α-hetero) is 1. The lowest BCUT2D eigenvalue weighted by atomic mass is 9.93. The van der Waals surface area contributed by atoms with Crippen molar-refractivity contribution < 1.29 is 9.59 Å². The minimum Gasteiger partial charge on any atom is -0.353 e. The molecule has 0 bridgehead atoms. The van der Waals surface area contributed by atoms with Crippen molar-refractivity contribution >= 4 is 11.7 Å². The maximum absolute atomic E-state index is 12.1. The molecule has 0 heterocycles. The number of amides is 1. The molecular formula is C15H19NO2. The summed E-state index contributed by atoms with van der Waals surface area (Å²) in [6.07, 6.45) is 2.77. The topological polar surface area (TPSA) is 46.2 Å². The molecule has 1 saturated carbocycles. The number of hydrogen-bond acceptors (Lipinski definition) is 2. The number of carbonyl (C=O) groups is 2. The Morgan fingerprint density at radius 1 is 1.22 bits per heavy atom. The third-order valence-corrected chi connectivity index (χ3v) is 3.58. The van der Waals surface area contributed by atoms with Gasteiger partial charge in [-0.2, -0.15) is 0 Å². The van der Waals surface area contributed by atoms with Crippen molar-refractivity contribution in [3.63, 3.8) is 0 Å². The third-order valence-electron chi connectivity index (χ3n) is 3.58. The summed E-state index contributed by atoms with van der Waals surface area (Å²) in [6, 6.07) is 9.93. The maximum Gasteiger partial charge on any atom is 0.227 e. The molecule has 1 fully saturated rings. The van der Waals surface area contributed by atoms with Gasteiger partial charge < -0.3 is 5.32 Å². The van der Waals surface area contributed by atoms with E-state index in [1.807, 2.05) is 37.3 Å². The Bertz CT molecular complexity index is 417. The van der Waals surface area contributed by atoms with Gasteiger partial charge in [0.25, 0.3) is 0 Å². The molecule has 1 atom stereocenters. The molecule has 1 aliphatic carbocycles. The molecular weight excluding hydrogens is 226 g/mol. The molecule has 2 rings (SSSR count). The van der Waals surface area contributed by atoms with Crippen LogP contribution in [0.25, 0.3) is 0 Å². The van der Waals surface area contributed by atoms with Crippen molar-refractivity contribution in [1.29, 1.82) is 0 Å². The molecule has 0 saturated heterocycles. The lowest BCUT2D eigenvalue weighted by Crippen LogP contribution is -2.39. The zero-order chi connectivity index (χ0) is 13.0. The van der Waals surface area contributed by atoms with Crippen LogP contribution in [0.2, 0.25) is 0 Å². The van der Waals surface area contributed by atoms with Crippen LogP contribution in [0, 0.1) is 0 Å². The summed E-state index contributed by atoms with van der Waals surface area (Å²) in [5.41, 5.74) is 1.03. The Kier molecular flexibility index (Phi) is 4.13. The number of carbonyl (C=O) groups excluding carboxylic acids is 2. The first kappa shape index (κ1) is 12.8. The van der Waals surface area contributed by atoms with Gasteiger partial charge in [-0.1, -0.05) is 30.3 Å². The van der Waals surface area contributed by atoms with Crippen molar-refractivity contribution in [3.8, 4) is 0 Å². The summed E-state index contributed by atoms with van der Waals surface area (Å²) in [5.74, 6) is 0.237. The van der Waals surface area contributed by atoms with Crippen molar-refractivity contribution in [2.24, 2.45) is 0 Å². The lowest BCUT2D eigenvalue weighted by molar-refractivity contribution is -0.125. The molecule has 1 aromatic carbocycles. The van der Waals surface area contributed by atoms with Gasteiger partial charge in [0.05, 0.1) is 5.92 Å². The first-order valence-electron chi connectivity index (χ1n) is 6.54. The van der Waals surface area contributed by atoms with E-state index in [2.05, 4.69) is 5.32 Å². The van der Waals surface area contributed by atoms with E-state index in [4.69, 9.17) is 0 Å². The molecule has 0 spiro atoms. The zero-order valence-electron chi connectivity index (χ0n) is 10.7. The van der Waals surface area contributed by atoms with Crippen molar-refractivity contribution in [1.82, 2.24) is 5.32 Å². The molecule has 3 heteroatoms. The number of hydrogen-bond donors (Lipinski definition) is 1. The standard InChI is InChI=1S/C15H19NO2/c1-11(12-5-3-2-4-6-12)15(18)16-13-7-9-14(17)10-8-13/h2-6,11,13H,7-10H2,1H3,(H,16,18). The largest absolute Gasteiger partial charge is 0.353 e. The van der Waals surface area contributed by atoms with E-state index in [9.17, 15) is 9.59 Å². The molecule has 1 unspecified atom stereocenters. The van der Waals surface area contributed by atoms with Crippen LogP contribution in [-0.4, -0.2) is 17.7 Å². The van der Waals surface area contributed by atoms with Gasteiger partial charge in [0.2, 0.25) is 5.91 Å². The lowest BCUT2D eigenvalue weighted by Gasteiger charge is -2.24. The number of rotatable bonds is 3. The maximum atomic E-state index is 12.1. The summed E-state index contributed by atoms with van der Waals surface area (Å²) >= 11 is 0. The van der Waals surface area contributed by atoms with Crippen LogP contribution in [-0.2, 0) is 9.59 Å². The Balaban J connectivity index is 1.90. The smallest absolute Gasteiger partial charge is 0.227 e. The predicted octanol–water partition coefficient (Wildman–Crippen LogP) is 2.42. The van der Waals surface area contributed by atoms with E-state index in [1.54, 1.807) is 0 Å². The van der Waals surface area contributed by atoms with Crippen LogP contribution in [0.3, 0.4) is 0 Å². The molecule has 0 radical (unpaired) electrons. The highest BCUT2D eigenvalue weighted by Gasteiger charge is 2.22. The van der Waals surface area contributed by atoms with Crippen LogP contribution >= 0.6 is 0 Å². The SMILES string of the molecule is CC(C(=O)NC1CCC(=O)CC1)c1ccccc1. The fourth-order valence-electron chi connectivity index (χ4n) is 2.30. The molecule has 1 N–H and O–H groups in total. The summed E-state index contributed by atoms with van der Waals surface area (Å²) in [7, 11) is 0. The Labute approximate surface area is 108 Å².